The van der Waals surface area contributed by atoms with E-state index in [0.29, 0.717) is 37.7 Å². The Morgan fingerprint density at radius 3 is 2.37 bits per heavy atom. The van der Waals surface area contributed by atoms with E-state index in [2.05, 4.69) is 10.4 Å². The number of anilines is 2. The van der Waals surface area contributed by atoms with Crippen LogP contribution in [0.25, 0.3) is 0 Å². The molecule has 6 nitrogen and oxygen atoms in total. The van der Waals surface area contributed by atoms with Gasteiger partial charge in [-0.2, -0.15) is 18.3 Å². The molecule has 2 aliphatic heterocycles. The van der Waals surface area contributed by atoms with Crippen molar-refractivity contribution in [2.24, 2.45) is 0 Å². The third-order valence-electron chi connectivity index (χ3n) is 6.46. The lowest BCUT2D eigenvalue weighted by Gasteiger charge is -2.39. The second kappa shape index (κ2) is 8.75. The van der Waals surface area contributed by atoms with Crippen molar-refractivity contribution in [1.82, 2.24) is 14.7 Å². The molecule has 0 radical (unpaired) electrons. The van der Waals surface area contributed by atoms with Crippen molar-refractivity contribution < 1.29 is 22.4 Å². The number of amides is 1. The van der Waals surface area contributed by atoms with Crippen molar-refractivity contribution in [3.63, 3.8) is 0 Å². The summed E-state index contributed by atoms with van der Waals surface area (Å²) in [5.41, 5.74) is 0.747. The second-order valence-electron chi connectivity index (χ2n) is 8.57. The first kappa shape index (κ1) is 22.9. The number of fused-ring (bicyclic) bond motifs is 1. The van der Waals surface area contributed by atoms with Gasteiger partial charge in [0, 0.05) is 43.6 Å². The van der Waals surface area contributed by atoms with E-state index in [0.717, 1.165) is 11.8 Å². The lowest BCUT2D eigenvalue weighted by atomic mass is 9.90. The lowest BCUT2D eigenvalue weighted by Crippen LogP contribution is -2.50. The normalized spacial score (nSPS) is 18.4. The highest BCUT2D eigenvalue weighted by molar-refractivity contribution is 5.97. The van der Waals surface area contributed by atoms with E-state index in [1.807, 2.05) is 4.90 Å². The summed E-state index contributed by atoms with van der Waals surface area (Å²) < 4.78 is 56.5. The van der Waals surface area contributed by atoms with Gasteiger partial charge in [0.05, 0.1) is 17.3 Å². The Hall–Kier alpha value is -3.82. The molecule has 0 aliphatic carbocycles. The molecule has 0 saturated carbocycles. The minimum atomic E-state index is -4.59. The first-order chi connectivity index (χ1) is 16.7. The molecule has 0 bridgehead atoms. The van der Waals surface area contributed by atoms with Gasteiger partial charge in [-0.15, -0.1) is 0 Å². The topological polar surface area (TPSA) is 53.4 Å². The molecule has 2 aliphatic rings. The fourth-order valence-corrected chi connectivity index (χ4v) is 4.75. The van der Waals surface area contributed by atoms with Gasteiger partial charge in [0.2, 0.25) is 0 Å². The highest BCUT2D eigenvalue weighted by Crippen LogP contribution is 2.42. The van der Waals surface area contributed by atoms with Crippen molar-refractivity contribution in [3.8, 4) is 0 Å². The van der Waals surface area contributed by atoms with E-state index in [1.165, 1.54) is 41.2 Å². The Balaban J connectivity index is 1.46. The predicted octanol–water partition coefficient (Wildman–Crippen LogP) is 4.68. The fourth-order valence-electron chi connectivity index (χ4n) is 4.75. The second-order valence-corrected chi connectivity index (χ2v) is 8.57. The maximum absolute atomic E-state index is 13.9. The molecule has 5 rings (SSSR count). The zero-order valence-corrected chi connectivity index (χ0v) is 18.9. The van der Waals surface area contributed by atoms with Crippen molar-refractivity contribution in [2.75, 3.05) is 36.4 Å². The average Bonchev–Trinajstić information content (AvgIpc) is 3.31. The number of hydrogen-bond donors (Lipinski definition) is 1. The number of hydrogen-bond acceptors (Lipinski definition) is 4. The predicted molar refractivity (Wildman–Crippen MR) is 123 cm³/mol. The van der Waals surface area contributed by atoms with E-state index in [9.17, 15) is 22.4 Å². The fraction of sp³-hybridized carbons (Fsp3) is 0.280. The van der Waals surface area contributed by atoms with Gasteiger partial charge in [-0.1, -0.05) is 18.2 Å². The molecular weight excluding hydrogens is 462 g/mol. The molecule has 10 heteroatoms. The molecule has 35 heavy (non-hydrogen) atoms. The summed E-state index contributed by atoms with van der Waals surface area (Å²) in [5.74, 6) is -0.142. The molecule has 1 saturated heterocycles. The molecule has 1 amide bonds. The number of carbonyl (C=O) groups is 1. The molecule has 1 fully saturated rings. The smallest absolute Gasteiger partial charge is 0.368 e. The van der Waals surface area contributed by atoms with Gasteiger partial charge in [-0.25, -0.2) is 9.07 Å². The van der Waals surface area contributed by atoms with Crippen LogP contribution in [0.4, 0.5) is 29.1 Å². The molecule has 1 aromatic heterocycles. The molecule has 2 aromatic carbocycles. The number of halogens is 4. The Kier molecular flexibility index (Phi) is 5.74. The minimum absolute atomic E-state index is 0.0286. The van der Waals surface area contributed by atoms with Gasteiger partial charge in [-0.05, 0) is 42.8 Å². The number of allylic oxidation sites excluding steroid dienone is 1. The van der Waals surface area contributed by atoms with Gasteiger partial charge in [-0.3, -0.25) is 4.79 Å². The van der Waals surface area contributed by atoms with Crippen molar-refractivity contribution >= 4 is 17.4 Å². The average molecular weight is 485 g/mol. The van der Waals surface area contributed by atoms with Crippen LogP contribution in [0.15, 0.2) is 72.1 Å². The van der Waals surface area contributed by atoms with Crippen LogP contribution in [0.2, 0.25) is 0 Å². The van der Waals surface area contributed by atoms with Gasteiger partial charge in [0.25, 0.3) is 5.91 Å². The molecule has 182 valence electrons. The van der Waals surface area contributed by atoms with Crippen molar-refractivity contribution in [2.45, 2.75) is 19.1 Å². The van der Waals surface area contributed by atoms with E-state index < -0.39 is 17.8 Å². The third-order valence-corrected chi connectivity index (χ3v) is 6.46. The molecule has 3 heterocycles. The summed E-state index contributed by atoms with van der Waals surface area (Å²) >= 11 is 0. The number of carbonyl (C=O) groups excluding carboxylic acids is 1. The summed E-state index contributed by atoms with van der Waals surface area (Å²) in [6.45, 7) is 3.50. The Morgan fingerprint density at radius 1 is 1.00 bits per heavy atom. The first-order valence-electron chi connectivity index (χ1n) is 11.2. The van der Waals surface area contributed by atoms with Crippen LogP contribution < -0.4 is 10.2 Å². The number of nitrogens with zero attached hydrogens (tertiary/aromatic N) is 4. The van der Waals surface area contributed by atoms with E-state index in [-0.39, 0.29) is 22.9 Å². The zero-order valence-electron chi connectivity index (χ0n) is 18.9. The van der Waals surface area contributed by atoms with Crippen molar-refractivity contribution in [3.05, 3.63) is 89.0 Å². The van der Waals surface area contributed by atoms with Gasteiger partial charge >= 0.3 is 6.18 Å². The number of benzene rings is 2. The maximum Gasteiger partial charge on any atom is 0.416 e. The summed E-state index contributed by atoms with van der Waals surface area (Å²) in [4.78, 5) is 17.5. The summed E-state index contributed by atoms with van der Waals surface area (Å²) in [6, 6.07) is 12.1. The zero-order chi connectivity index (χ0) is 24.7. The Labute approximate surface area is 199 Å². The Morgan fingerprint density at radius 2 is 1.69 bits per heavy atom. The minimum Gasteiger partial charge on any atom is -0.368 e. The van der Waals surface area contributed by atoms with E-state index in [1.54, 1.807) is 30.0 Å². The van der Waals surface area contributed by atoms with Gasteiger partial charge in [0.15, 0.2) is 0 Å². The number of aromatic nitrogens is 2. The summed E-state index contributed by atoms with van der Waals surface area (Å²) in [5, 5.41) is 7.37. The van der Waals surface area contributed by atoms with Crippen LogP contribution in [0.1, 0.15) is 24.1 Å². The monoisotopic (exact) mass is 485 g/mol. The first-order valence-corrected chi connectivity index (χ1v) is 11.2. The van der Waals surface area contributed by atoms with Crippen LogP contribution in [0.3, 0.4) is 0 Å². The number of nitrogens with one attached hydrogen (secondary N) is 1. The van der Waals surface area contributed by atoms with E-state index >= 15 is 0 Å². The van der Waals surface area contributed by atoms with Gasteiger partial charge < -0.3 is 15.1 Å². The van der Waals surface area contributed by atoms with Gasteiger partial charge in [0.1, 0.15) is 17.7 Å². The number of rotatable bonds is 3. The molecular formula is C25H23F4N5O. The van der Waals surface area contributed by atoms with Crippen LogP contribution >= 0.6 is 0 Å². The van der Waals surface area contributed by atoms with E-state index in [4.69, 9.17) is 0 Å². The molecule has 1 unspecified atom stereocenters. The molecule has 1 N–H and O–H groups in total. The highest BCUT2D eigenvalue weighted by atomic mass is 19.4. The summed E-state index contributed by atoms with van der Waals surface area (Å²) in [6.07, 6.45) is -3.09. The quantitative estimate of drug-likeness (QED) is 0.548. The standard InChI is InChI=1S/C25H23F4N5O/c1-16-22(24(35)33-14-12-32(13-15-33)18-8-6-17(26)7-9-18)23(34-21(31-16)10-11-30-34)19-4-2-3-5-20(19)25(27,28)29/h2-11,23,31H,12-15H2,1H3. The van der Waals surface area contributed by atoms with Crippen LogP contribution in [0, 0.1) is 5.82 Å². The van der Waals surface area contributed by atoms with Crippen LogP contribution in [-0.2, 0) is 11.0 Å². The highest BCUT2D eigenvalue weighted by Gasteiger charge is 2.41. The largest absolute Gasteiger partial charge is 0.416 e. The molecule has 0 spiro atoms. The van der Waals surface area contributed by atoms with Crippen LogP contribution in [-0.4, -0.2) is 46.8 Å². The SMILES string of the molecule is CC1=C(C(=O)N2CCN(c3ccc(F)cc3)CC2)C(c2ccccc2C(F)(F)F)n2nccc2N1. The third kappa shape index (κ3) is 4.24. The number of piperazine rings is 1. The lowest BCUT2D eigenvalue weighted by molar-refractivity contribution is -0.138. The van der Waals surface area contributed by atoms with Crippen molar-refractivity contribution in [1.29, 1.82) is 0 Å². The number of alkyl halides is 3. The van der Waals surface area contributed by atoms with Crippen LogP contribution in [0.5, 0.6) is 0 Å². The summed E-state index contributed by atoms with van der Waals surface area (Å²) in [7, 11) is 0. The molecule has 1 atom stereocenters. The molecule has 3 aromatic rings. The maximum atomic E-state index is 13.9. The Bertz CT molecular complexity index is 1270.